The molecule has 3 heterocycles. The van der Waals surface area contributed by atoms with Gasteiger partial charge in [0.1, 0.15) is 5.01 Å². The second kappa shape index (κ2) is 8.21. The van der Waals surface area contributed by atoms with Gasteiger partial charge in [-0.1, -0.05) is 29.2 Å². The number of benzene rings is 1. The highest BCUT2D eigenvalue weighted by atomic mass is 32.2. The Morgan fingerprint density at radius 2 is 2.17 bits per heavy atom. The number of carbonyl (C=O) groups excluding carboxylic acids is 1. The van der Waals surface area contributed by atoms with Crippen molar-refractivity contribution in [2.24, 2.45) is 0 Å². The van der Waals surface area contributed by atoms with E-state index in [4.69, 9.17) is 9.47 Å². The molecule has 0 saturated heterocycles. The minimum Gasteiger partial charge on any atom is -0.454 e. The molecule has 1 aromatic carbocycles. The number of thioether (sulfide) groups is 1. The predicted octanol–water partition coefficient (Wildman–Crippen LogP) is 3.14. The number of rotatable bonds is 7. The summed E-state index contributed by atoms with van der Waals surface area (Å²) < 4.78 is 12.7. The van der Waals surface area contributed by atoms with Crippen molar-refractivity contribution in [3.05, 3.63) is 35.9 Å². The van der Waals surface area contributed by atoms with E-state index in [2.05, 4.69) is 32.3 Å². The van der Waals surface area contributed by atoms with Crippen LogP contribution in [-0.2, 0) is 11.3 Å². The SMILES string of the molecule is C=CCn1c(S[C@@H](C)C(=O)Nc2nnc(C)s2)nnc1-c1ccc2c(c1)OCO2. The summed E-state index contributed by atoms with van der Waals surface area (Å²) in [5.41, 5.74) is 0.844. The van der Waals surface area contributed by atoms with E-state index >= 15 is 0 Å². The molecule has 0 aliphatic carbocycles. The van der Waals surface area contributed by atoms with Crippen LogP contribution < -0.4 is 14.8 Å². The third kappa shape index (κ3) is 4.10. The third-order valence-corrected chi connectivity index (χ3v) is 5.90. The van der Waals surface area contributed by atoms with Gasteiger partial charge in [-0.2, -0.15) is 0 Å². The summed E-state index contributed by atoms with van der Waals surface area (Å²) in [5.74, 6) is 1.86. The van der Waals surface area contributed by atoms with E-state index < -0.39 is 5.25 Å². The van der Waals surface area contributed by atoms with Gasteiger partial charge in [0, 0.05) is 12.1 Å². The van der Waals surface area contributed by atoms with E-state index in [-0.39, 0.29) is 12.7 Å². The fourth-order valence-electron chi connectivity index (χ4n) is 2.68. The van der Waals surface area contributed by atoms with Crippen molar-refractivity contribution >= 4 is 34.1 Å². The Morgan fingerprint density at radius 3 is 2.93 bits per heavy atom. The predicted molar refractivity (Wildman–Crippen MR) is 110 cm³/mol. The second-order valence-electron chi connectivity index (χ2n) is 6.15. The molecule has 1 amide bonds. The number of hydrogen-bond acceptors (Lipinski definition) is 9. The van der Waals surface area contributed by atoms with E-state index in [1.165, 1.54) is 23.1 Å². The fraction of sp³-hybridized carbons (Fsp3) is 0.278. The van der Waals surface area contributed by atoms with Crippen LogP contribution in [0.2, 0.25) is 0 Å². The fourth-order valence-corrected chi connectivity index (χ4v) is 4.14. The zero-order valence-electron chi connectivity index (χ0n) is 15.8. The average molecular weight is 431 g/mol. The molecule has 29 heavy (non-hydrogen) atoms. The van der Waals surface area contributed by atoms with Crippen molar-refractivity contribution < 1.29 is 14.3 Å². The van der Waals surface area contributed by atoms with Gasteiger partial charge in [-0.25, -0.2) is 0 Å². The van der Waals surface area contributed by atoms with Gasteiger partial charge in [0.15, 0.2) is 22.5 Å². The molecule has 1 aliphatic rings. The maximum Gasteiger partial charge on any atom is 0.239 e. The van der Waals surface area contributed by atoms with E-state index in [0.29, 0.717) is 34.2 Å². The number of allylic oxidation sites excluding steroid dienone is 1. The summed E-state index contributed by atoms with van der Waals surface area (Å²) in [6, 6.07) is 5.62. The zero-order chi connectivity index (χ0) is 20.4. The van der Waals surface area contributed by atoms with Gasteiger partial charge in [-0.3, -0.25) is 14.7 Å². The van der Waals surface area contributed by atoms with Crippen molar-refractivity contribution in [3.63, 3.8) is 0 Å². The quantitative estimate of drug-likeness (QED) is 0.450. The third-order valence-electron chi connectivity index (χ3n) is 4.07. The number of ether oxygens (including phenoxy) is 2. The number of fused-ring (bicyclic) bond motifs is 1. The lowest BCUT2D eigenvalue weighted by atomic mass is 10.2. The van der Waals surface area contributed by atoms with E-state index in [9.17, 15) is 4.79 Å². The van der Waals surface area contributed by atoms with E-state index in [1.807, 2.05) is 29.7 Å². The number of aromatic nitrogens is 5. The van der Waals surface area contributed by atoms with Gasteiger partial charge in [0.25, 0.3) is 0 Å². The Balaban J connectivity index is 1.54. The molecule has 1 N–H and O–H groups in total. The van der Waals surface area contributed by atoms with Gasteiger partial charge >= 0.3 is 0 Å². The highest BCUT2D eigenvalue weighted by molar-refractivity contribution is 8.00. The zero-order valence-corrected chi connectivity index (χ0v) is 17.4. The molecule has 150 valence electrons. The number of carbonyl (C=O) groups is 1. The van der Waals surface area contributed by atoms with Gasteiger partial charge in [-0.05, 0) is 32.0 Å². The lowest BCUT2D eigenvalue weighted by Crippen LogP contribution is -2.22. The standard InChI is InChI=1S/C18H18N6O3S2/c1-4-7-24-15(12-5-6-13-14(8-12)27-9-26-13)21-23-18(24)28-10(2)16(25)19-17-22-20-11(3)29-17/h4-6,8,10H,1,7,9H2,2-3H3,(H,19,22,25)/t10-/m0/s1. The van der Waals surface area contributed by atoms with Crippen LogP contribution in [-0.4, -0.2) is 42.9 Å². The first-order valence-electron chi connectivity index (χ1n) is 8.77. The molecule has 0 spiro atoms. The molecule has 0 fully saturated rings. The molecule has 0 saturated carbocycles. The molecule has 9 nitrogen and oxygen atoms in total. The van der Waals surface area contributed by atoms with Crippen molar-refractivity contribution in [2.75, 3.05) is 12.1 Å². The van der Waals surface area contributed by atoms with Gasteiger partial charge in [-0.15, -0.1) is 27.0 Å². The summed E-state index contributed by atoms with van der Waals surface area (Å²) in [7, 11) is 0. The summed E-state index contributed by atoms with van der Waals surface area (Å²) in [5, 5.41) is 20.7. The molecule has 0 unspecified atom stereocenters. The smallest absolute Gasteiger partial charge is 0.239 e. The van der Waals surface area contributed by atoms with Gasteiger partial charge < -0.3 is 9.47 Å². The second-order valence-corrected chi connectivity index (χ2v) is 8.64. The highest BCUT2D eigenvalue weighted by Crippen LogP contribution is 2.36. The van der Waals surface area contributed by atoms with Crippen molar-refractivity contribution in [1.82, 2.24) is 25.0 Å². The first-order chi connectivity index (χ1) is 14.0. The highest BCUT2D eigenvalue weighted by Gasteiger charge is 2.22. The van der Waals surface area contributed by atoms with Crippen LogP contribution in [0.25, 0.3) is 11.4 Å². The molecular formula is C18H18N6O3S2. The number of nitrogens with one attached hydrogen (secondary N) is 1. The first-order valence-corrected chi connectivity index (χ1v) is 10.5. The van der Waals surface area contributed by atoms with Crippen molar-refractivity contribution in [3.8, 4) is 22.9 Å². The normalized spacial score (nSPS) is 13.3. The number of nitrogens with zero attached hydrogens (tertiary/aromatic N) is 5. The maximum absolute atomic E-state index is 12.5. The summed E-state index contributed by atoms with van der Waals surface area (Å²) in [4.78, 5) is 12.5. The monoisotopic (exact) mass is 430 g/mol. The van der Waals surface area contributed by atoms with E-state index in [0.717, 1.165) is 10.6 Å². The number of hydrogen-bond donors (Lipinski definition) is 1. The molecule has 3 aromatic rings. The van der Waals surface area contributed by atoms with Gasteiger partial charge in [0.2, 0.25) is 17.8 Å². The Bertz CT molecular complexity index is 1060. The molecule has 11 heteroatoms. The number of amides is 1. The molecule has 4 rings (SSSR count). The molecule has 0 bridgehead atoms. The minimum atomic E-state index is -0.406. The average Bonchev–Trinajstić information content (AvgIpc) is 3.42. The molecule has 1 atom stereocenters. The maximum atomic E-state index is 12.5. The van der Waals surface area contributed by atoms with E-state index in [1.54, 1.807) is 13.0 Å². The van der Waals surface area contributed by atoms with Crippen molar-refractivity contribution in [1.29, 1.82) is 0 Å². The topological polar surface area (TPSA) is 104 Å². The van der Waals surface area contributed by atoms with Crippen LogP contribution in [0.4, 0.5) is 5.13 Å². The Labute approximate surface area is 175 Å². The molecule has 0 radical (unpaired) electrons. The molecular weight excluding hydrogens is 412 g/mol. The van der Waals surface area contributed by atoms with Crippen LogP contribution in [0, 0.1) is 6.92 Å². The van der Waals surface area contributed by atoms with Crippen LogP contribution in [0.15, 0.2) is 36.0 Å². The Hall–Kier alpha value is -2.92. The molecule has 2 aromatic heterocycles. The van der Waals surface area contributed by atoms with Crippen molar-refractivity contribution in [2.45, 2.75) is 30.8 Å². The largest absolute Gasteiger partial charge is 0.454 e. The number of anilines is 1. The minimum absolute atomic E-state index is 0.177. The van der Waals surface area contributed by atoms with Crippen LogP contribution in [0.5, 0.6) is 11.5 Å². The molecule has 1 aliphatic heterocycles. The summed E-state index contributed by atoms with van der Waals surface area (Å²) in [6.45, 7) is 8.17. The Kier molecular flexibility index (Phi) is 5.49. The number of aryl methyl sites for hydroxylation is 1. The summed E-state index contributed by atoms with van der Waals surface area (Å²) >= 11 is 2.65. The Morgan fingerprint density at radius 1 is 1.34 bits per heavy atom. The lowest BCUT2D eigenvalue weighted by molar-refractivity contribution is -0.115. The van der Waals surface area contributed by atoms with Crippen LogP contribution in [0.3, 0.4) is 0 Å². The van der Waals surface area contributed by atoms with Crippen LogP contribution in [0.1, 0.15) is 11.9 Å². The summed E-state index contributed by atoms with van der Waals surface area (Å²) in [6.07, 6.45) is 1.76. The first kappa shape index (κ1) is 19.4. The van der Waals surface area contributed by atoms with Crippen LogP contribution >= 0.6 is 23.1 Å². The lowest BCUT2D eigenvalue weighted by Gasteiger charge is -2.12. The van der Waals surface area contributed by atoms with Gasteiger partial charge in [0.05, 0.1) is 5.25 Å².